The van der Waals surface area contributed by atoms with Crippen molar-refractivity contribution >= 4 is 23.6 Å². The summed E-state index contributed by atoms with van der Waals surface area (Å²) < 4.78 is 6.17. The highest BCUT2D eigenvalue weighted by Gasteiger charge is 2.70. The minimum atomic E-state index is -1.16. The highest BCUT2D eigenvalue weighted by Crippen LogP contribution is 2.77. The zero-order chi connectivity index (χ0) is 38.1. The van der Waals surface area contributed by atoms with E-state index >= 15 is 0 Å². The first-order valence-electron chi connectivity index (χ1n) is 20.9. The van der Waals surface area contributed by atoms with Crippen molar-refractivity contribution in [3.8, 4) is 0 Å². The van der Waals surface area contributed by atoms with Gasteiger partial charge in [-0.15, -0.1) is 0 Å². The molecule has 2 N–H and O–H groups in total. The number of carboxylic acid groups (broad SMARTS) is 1. The maximum atomic E-state index is 14.0. The predicted octanol–water partition coefficient (Wildman–Crippen LogP) is 9.63. The van der Waals surface area contributed by atoms with Crippen LogP contribution in [0.1, 0.15) is 159 Å². The SMILES string of the molecule is CC(C)C1=C2[C@H]3CC[C@@H]4[C@@]5(C)CC[C@H](OC(=O)CC(C)(C)C(=O)O)C(C)(C)[C@@H]5CC[C@@]4(C)[C@]3(C)CC[C@@]2(/C=C/C(=O)NCC2CCCCC2)CC1=O. The van der Waals surface area contributed by atoms with Gasteiger partial charge in [0, 0.05) is 23.8 Å². The fraction of sp³-hybridized carbons (Fsp3) is 0.822. The molecule has 290 valence electrons. The summed E-state index contributed by atoms with van der Waals surface area (Å²) in [6, 6.07) is 0. The largest absolute Gasteiger partial charge is 0.481 e. The number of fused-ring (bicyclic) bond motifs is 7. The molecule has 0 saturated heterocycles. The summed E-state index contributed by atoms with van der Waals surface area (Å²) in [5.74, 6) is 0.799. The molecule has 0 aromatic rings. The fourth-order valence-corrected chi connectivity index (χ4v) is 13.6. The van der Waals surface area contributed by atoms with Crippen LogP contribution >= 0.6 is 0 Å². The summed E-state index contributed by atoms with van der Waals surface area (Å²) in [4.78, 5) is 52.0. The molecule has 5 saturated carbocycles. The number of allylic oxidation sites excluding steroid dienone is 3. The minimum Gasteiger partial charge on any atom is -0.481 e. The van der Waals surface area contributed by atoms with Crippen molar-refractivity contribution in [3.05, 3.63) is 23.3 Å². The summed E-state index contributed by atoms with van der Waals surface area (Å²) in [5, 5.41) is 12.8. The molecule has 5 fully saturated rings. The monoisotopic (exact) mass is 720 g/mol. The van der Waals surface area contributed by atoms with Gasteiger partial charge in [0.25, 0.3) is 0 Å². The number of ketones is 1. The Balaban J connectivity index is 1.25. The van der Waals surface area contributed by atoms with Crippen molar-refractivity contribution in [2.24, 2.45) is 62.1 Å². The van der Waals surface area contributed by atoms with Crippen LogP contribution in [-0.2, 0) is 23.9 Å². The van der Waals surface area contributed by atoms with Crippen LogP contribution in [-0.4, -0.2) is 41.4 Å². The van der Waals surface area contributed by atoms with Crippen LogP contribution in [0, 0.1) is 62.1 Å². The molecule has 0 bridgehead atoms. The Kier molecular flexibility index (Phi) is 10.3. The van der Waals surface area contributed by atoms with E-state index in [4.69, 9.17) is 4.74 Å². The first kappa shape index (κ1) is 39.3. The molecule has 0 radical (unpaired) electrons. The number of aliphatic carboxylic acids is 1. The summed E-state index contributed by atoms with van der Waals surface area (Å²) in [6.45, 7) is 20.5. The van der Waals surface area contributed by atoms with Gasteiger partial charge in [-0.3, -0.25) is 19.2 Å². The number of nitrogens with one attached hydrogen (secondary N) is 1. The molecule has 6 aliphatic rings. The molecule has 0 aromatic heterocycles. The normalized spacial score (nSPS) is 39.1. The van der Waals surface area contributed by atoms with Gasteiger partial charge in [-0.1, -0.05) is 73.8 Å². The van der Waals surface area contributed by atoms with E-state index in [0.717, 1.165) is 63.5 Å². The zero-order valence-electron chi connectivity index (χ0n) is 33.9. The summed E-state index contributed by atoms with van der Waals surface area (Å²) in [7, 11) is 0. The second kappa shape index (κ2) is 13.7. The second-order valence-electron chi connectivity index (χ2n) is 20.6. The highest BCUT2D eigenvalue weighted by molar-refractivity contribution is 6.01. The maximum Gasteiger partial charge on any atom is 0.309 e. The first-order valence-corrected chi connectivity index (χ1v) is 20.9. The number of esters is 1. The maximum absolute atomic E-state index is 14.0. The molecule has 0 spiro atoms. The number of amides is 1. The topological polar surface area (TPSA) is 110 Å². The van der Waals surface area contributed by atoms with Gasteiger partial charge in [0.15, 0.2) is 5.78 Å². The lowest BCUT2D eigenvalue weighted by Gasteiger charge is -2.72. The van der Waals surface area contributed by atoms with Crippen LogP contribution in [0.5, 0.6) is 0 Å². The lowest BCUT2D eigenvalue weighted by Crippen LogP contribution is -2.65. The van der Waals surface area contributed by atoms with Crippen molar-refractivity contribution < 1.29 is 29.0 Å². The van der Waals surface area contributed by atoms with Crippen molar-refractivity contribution in [1.29, 1.82) is 0 Å². The number of hydrogen-bond acceptors (Lipinski definition) is 5. The Morgan fingerprint density at radius 1 is 0.885 bits per heavy atom. The molecule has 7 heteroatoms. The third-order valence-electron chi connectivity index (χ3n) is 16.7. The smallest absolute Gasteiger partial charge is 0.309 e. The van der Waals surface area contributed by atoms with E-state index in [0.29, 0.717) is 30.1 Å². The quantitative estimate of drug-likeness (QED) is 0.181. The van der Waals surface area contributed by atoms with Gasteiger partial charge < -0.3 is 15.2 Å². The Morgan fingerprint density at radius 3 is 2.23 bits per heavy atom. The average Bonchev–Trinajstić information content (AvgIpc) is 3.37. The molecule has 0 heterocycles. The number of rotatable bonds is 9. The molecule has 1 amide bonds. The third-order valence-corrected chi connectivity index (χ3v) is 16.7. The summed E-state index contributed by atoms with van der Waals surface area (Å²) in [5.41, 5.74) is 0.843. The van der Waals surface area contributed by atoms with E-state index in [2.05, 4.69) is 59.9 Å². The number of hydrogen-bond donors (Lipinski definition) is 2. The Hall–Kier alpha value is -2.44. The molecule has 52 heavy (non-hydrogen) atoms. The van der Waals surface area contributed by atoms with Gasteiger partial charge in [0.1, 0.15) is 6.10 Å². The second-order valence-corrected chi connectivity index (χ2v) is 20.6. The van der Waals surface area contributed by atoms with Crippen LogP contribution in [0.25, 0.3) is 0 Å². The lowest BCUT2D eigenvalue weighted by molar-refractivity contribution is -0.232. The van der Waals surface area contributed by atoms with Crippen LogP contribution in [0.15, 0.2) is 23.3 Å². The van der Waals surface area contributed by atoms with Crippen molar-refractivity contribution in [1.82, 2.24) is 5.32 Å². The van der Waals surface area contributed by atoms with Gasteiger partial charge in [0.05, 0.1) is 11.8 Å². The molecule has 7 nitrogen and oxygen atoms in total. The summed E-state index contributed by atoms with van der Waals surface area (Å²) in [6.07, 6.45) is 18.4. The van der Waals surface area contributed by atoms with Gasteiger partial charge >= 0.3 is 11.9 Å². The standard InChI is InChI=1S/C45H69NO6/c1-28(2)37-31(47)25-45(22-19-35(48)46-27-29-13-11-10-12-14-29)24-23-43(8)30(38(37)45)15-16-33-42(7)20-18-34(52-36(49)26-40(3,4)39(50)51)41(5,6)32(42)17-21-44(33,43)9/h19,22,28-30,32-34H,10-18,20-21,23-27H2,1-9H3,(H,46,48)(H,50,51)/b22-19+/t30-,32+,33-,34+,42+,43-,44-,45+/m1/s1. The molecular weight excluding hydrogens is 650 g/mol. The summed E-state index contributed by atoms with van der Waals surface area (Å²) >= 11 is 0. The molecule has 8 atom stereocenters. The van der Waals surface area contributed by atoms with Gasteiger partial charge in [0.2, 0.25) is 5.91 Å². The Labute approximate surface area is 313 Å². The molecule has 6 aliphatic carbocycles. The first-order chi connectivity index (χ1) is 24.2. The van der Waals surface area contributed by atoms with E-state index in [-0.39, 0.29) is 57.2 Å². The molecule has 0 unspecified atom stereocenters. The Morgan fingerprint density at radius 2 is 1.58 bits per heavy atom. The average molecular weight is 720 g/mol. The molecule has 6 rings (SSSR count). The molecular formula is C45H69NO6. The fourth-order valence-electron chi connectivity index (χ4n) is 13.6. The van der Waals surface area contributed by atoms with E-state index < -0.39 is 17.4 Å². The van der Waals surface area contributed by atoms with E-state index in [1.165, 1.54) is 37.7 Å². The number of carboxylic acids is 1. The number of ether oxygens (including phenoxy) is 1. The van der Waals surface area contributed by atoms with E-state index in [1.807, 2.05) is 0 Å². The number of Topliss-reactive ketones (excluding diaryl/α,β-unsaturated/α-hetero) is 1. The molecule has 0 aromatic carbocycles. The van der Waals surface area contributed by atoms with Gasteiger partial charge in [-0.05, 0) is 141 Å². The van der Waals surface area contributed by atoms with Gasteiger partial charge in [-0.2, -0.15) is 0 Å². The highest BCUT2D eigenvalue weighted by atomic mass is 16.5. The van der Waals surface area contributed by atoms with Crippen molar-refractivity contribution in [3.63, 3.8) is 0 Å². The number of carbonyl (C=O) groups excluding carboxylic acids is 3. The minimum absolute atomic E-state index is 0.0190. The third kappa shape index (κ3) is 6.34. The van der Waals surface area contributed by atoms with Crippen LogP contribution in [0.3, 0.4) is 0 Å². The lowest BCUT2D eigenvalue weighted by atomic mass is 9.33. The van der Waals surface area contributed by atoms with E-state index in [9.17, 15) is 24.3 Å². The zero-order valence-corrected chi connectivity index (χ0v) is 33.9. The van der Waals surface area contributed by atoms with Crippen LogP contribution in [0.2, 0.25) is 0 Å². The van der Waals surface area contributed by atoms with Crippen molar-refractivity contribution in [2.75, 3.05) is 6.54 Å². The van der Waals surface area contributed by atoms with Crippen LogP contribution < -0.4 is 5.32 Å². The van der Waals surface area contributed by atoms with Crippen LogP contribution in [0.4, 0.5) is 0 Å². The van der Waals surface area contributed by atoms with Gasteiger partial charge in [-0.25, -0.2) is 0 Å². The molecule has 0 aliphatic heterocycles. The Bertz CT molecular complexity index is 1510. The number of carbonyl (C=O) groups is 4. The van der Waals surface area contributed by atoms with E-state index in [1.54, 1.807) is 19.9 Å². The predicted molar refractivity (Wildman–Crippen MR) is 204 cm³/mol. The van der Waals surface area contributed by atoms with Crippen molar-refractivity contribution in [2.45, 2.75) is 165 Å².